The van der Waals surface area contributed by atoms with Crippen molar-refractivity contribution in [3.05, 3.63) is 28.9 Å². The van der Waals surface area contributed by atoms with E-state index in [1.165, 1.54) is 10.9 Å². The summed E-state index contributed by atoms with van der Waals surface area (Å²) in [6.45, 7) is 0.0347. The molecule has 0 aliphatic rings. The molecule has 13 heavy (non-hydrogen) atoms. The average molecular weight is 174 g/mol. The first-order valence-corrected chi connectivity index (χ1v) is 3.72. The van der Waals surface area contributed by atoms with Crippen molar-refractivity contribution in [1.29, 1.82) is 5.26 Å². The quantitative estimate of drug-likeness (QED) is 0.673. The molecule has 0 aliphatic heterocycles. The molecule has 0 bridgehead atoms. The first-order chi connectivity index (χ1) is 6.33. The van der Waals surface area contributed by atoms with Gasteiger partial charge >= 0.3 is 0 Å². The lowest BCUT2D eigenvalue weighted by Crippen LogP contribution is -2.19. The Hall–Kier alpha value is -2.09. The highest BCUT2D eigenvalue weighted by molar-refractivity contribution is 5.73. The van der Waals surface area contributed by atoms with Gasteiger partial charge in [0.1, 0.15) is 18.5 Å². The molecule has 0 fully saturated rings. The molecule has 0 saturated carbocycles. The molecule has 0 aliphatic carbocycles. The van der Waals surface area contributed by atoms with Crippen LogP contribution in [0.5, 0.6) is 0 Å². The molecule has 0 aromatic carbocycles. The van der Waals surface area contributed by atoms with Crippen molar-refractivity contribution in [2.45, 2.75) is 6.54 Å². The Morgan fingerprint density at radius 1 is 1.69 bits per heavy atom. The average Bonchev–Trinajstić information content (AvgIpc) is 2.58. The van der Waals surface area contributed by atoms with Gasteiger partial charge in [-0.2, -0.15) is 5.26 Å². The number of hydrogen-bond acceptors (Lipinski definition) is 3. The van der Waals surface area contributed by atoms with Gasteiger partial charge in [-0.3, -0.25) is 9.36 Å². The summed E-state index contributed by atoms with van der Waals surface area (Å²) < 4.78 is 1.27. The lowest BCUT2D eigenvalue weighted by molar-refractivity contribution is 0.775. The lowest BCUT2D eigenvalue weighted by atomic mass is 10.4. The number of nitrogens with zero attached hydrogens (tertiary/aromatic N) is 3. The smallest absolute Gasteiger partial charge is 0.263 e. The fraction of sp³-hybridized carbons (Fsp3) is 0.125. The summed E-state index contributed by atoms with van der Waals surface area (Å²) in [6.07, 6.45) is 3.01. The van der Waals surface area contributed by atoms with E-state index in [9.17, 15) is 4.79 Å². The van der Waals surface area contributed by atoms with Gasteiger partial charge in [0, 0.05) is 6.20 Å². The topological polar surface area (TPSA) is 74.5 Å². The highest BCUT2D eigenvalue weighted by atomic mass is 16.1. The van der Waals surface area contributed by atoms with Crippen molar-refractivity contribution in [2.24, 2.45) is 0 Å². The van der Waals surface area contributed by atoms with E-state index in [1.54, 1.807) is 12.3 Å². The van der Waals surface area contributed by atoms with Crippen LogP contribution >= 0.6 is 0 Å². The van der Waals surface area contributed by atoms with E-state index >= 15 is 0 Å². The Labute approximate surface area is 73.3 Å². The SMILES string of the molecule is N#CCn1cnc2[nH]ccc2c1=O. The van der Waals surface area contributed by atoms with E-state index in [4.69, 9.17) is 5.26 Å². The maximum absolute atomic E-state index is 11.5. The Kier molecular flexibility index (Phi) is 1.60. The minimum absolute atomic E-state index is 0.0347. The summed E-state index contributed by atoms with van der Waals surface area (Å²) in [7, 11) is 0. The van der Waals surface area contributed by atoms with Gasteiger partial charge in [-0.1, -0.05) is 0 Å². The number of aromatic nitrogens is 3. The molecule has 5 heteroatoms. The van der Waals surface area contributed by atoms with Crippen LogP contribution < -0.4 is 5.56 Å². The van der Waals surface area contributed by atoms with Crippen LogP contribution in [0.2, 0.25) is 0 Å². The van der Waals surface area contributed by atoms with Crippen LogP contribution in [0.1, 0.15) is 0 Å². The zero-order valence-electron chi connectivity index (χ0n) is 6.69. The number of rotatable bonds is 1. The van der Waals surface area contributed by atoms with Gasteiger partial charge in [0.15, 0.2) is 0 Å². The first-order valence-electron chi connectivity index (χ1n) is 3.72. The van der Waals surface area contributed by atoms with Crippen molar-refractivity contribution in [2.75, 3.05) is 0 Å². The molecule has 2 aromatic heterocycles. The van der Waals surface area contributed by atoms with E-state index in [0.29, 0.717) is 11.0 Å². The number of nitrogens with one attached hydrogen (secondary N) is 1. The molecule has 1 N–H and O–H groups in total. The van der Waals surface area contributed by atoms with E-state index in [2.05, 4.69) is 9.97 Å². The Morgan fingerprint density at radius 2 is 2.54 bits per heavy atom. The zero-order valence-corrected chi connectivity index (χ0v) is 6.69. The maximum atomic E-state index is 11.5. The van der Waals surface area contributed by atoms with Crippen LogP contribution in [0, 0.1) is 11.3 Å². The number of aromatic amines is 1. The van der Waals surface area contributed by atoms with Crippen LogP contribution in [0.25, 0.3) is 11.0 Å². The number of nitriles is 1. The molecule has 64 valence electrons. The third-order valence-electron chi connectivity index (χ3n) is 1.78. The van der Waals surface area contributed by atoms with Gasteiger partial charge in [-0.25, -0.2) is 4.98 Å². The molecule has 0 saturated heterocycles. The molecular formula is C8H6N4O. The Bertz CT molecular complexity index is 531. The third-order valence-corrected chi connectivity index (χ3v) is 1.78. The molecule has 5 nitrogen and oxygen atoms in total. The van der Waals surface area contributed by atoms with E-state index in [1.807, 2.05) is 6.07 Å². The minimum atomic E-state index is -0.187. The summed E-state index contributed by atoms with van der Waals surface area (Å²) in [6, 6.07) is 3.55. The first kappa shape index (κ1) is 7.55. The molecular weight excluding hydrogens is 168 g/mol. The van der Waals surface area contributed by atoms with E-state index in [-0.39, 0.29) is 12.1 Å². The summed E-state index contributed by atoms with van der Waals surface area (Å²) in [5, 5.41) is 8.93. The minimum Gasteiger partial charge on any atom is -0.346 e. The summed E-state index contributed by atoms with van der Waals surface area (Å²) in [4.78, 5) is 18.3. The van der Waals surface area contributed by atoms with E-state index < -0.39 is 0 Å². The molecule has 0 atom stereocenters. The number of H-pyrrole nitrogens is 1. The summed E-state index contributed by atoms with van der Waals surface area (Å²) >= 11 is 0. The second-order valence-electron chi connectivity index (χ2n) is 2.58. The van der Waals surface area contributed by atoms with Gasteiger partial charge < -0.3 is 4.98 Å². The van der Waals surface area contributed by atoms with Gasteiger partial charge in [-0.05, 0) is 6.07 Å². The molecule has 0 spiro atoms. The lowest BCUT2D eigenvalue weighted by Gasteiger charge is -1.97. The fourth-order valence-corrected chi connectivity index (χ4v) is 1.16. The van der Waals surface area contributed by atoms with Gasteiger partial charge in [0.05, 0.1) is 11.5 Å². The highest BCUT2D eigenvalue weighted by Gasteiger charge is 2.02. The van der Waals surface area contributed by atoms with Crippen molar-refractivity contribution in [3.8, 4) is 6.07 Å². The van der Waals surface area contributed by atoms with Crippen LogP contribution in [-0.4, -0.2) is 14.5 Å². The standard InChI is InChI=1S/C8H6N4O/c9-2-4-12-5-11-7-6(8(12)13)1-3-10-7/h1,3,5,10H,4H2. The van der Waals surface area contributed by atoms with Crippen molar-refractivity contribution in [1.82, 2.24) is 14.5 Å². The maximum Gasteiger partial charge on any atom is 0.263 e. The molecule has 2 aromatic rings. The second-order valence-corrected chi connectivity index (χ2v) is 2.58. The largest absolute Gasteiger partial charge is 0.346 e. The van der Waals surface area contributed by atoms with E-state index in [0.717, 1.165) is 0 Å². The highest BCUT2D eigenvalue weighted by Crippen LogP contribution is 2.01. The van der Waals surface area contributed by atoms with Crippen LogP contribution in [0.3, 0.4) is 0 Å². The Balaban J connectivity index is 2.75. The zero-order chi connectivity index (χ0) is 9.26. The molecule has 2 heterocycles. The third kappa shape index (κ3) is 1.08. The normalized spacial score (nSPS) is 10.1. The van der Waals surface area contributed by atoms with Crippen LogP contribution in [-0.2, 0) is 6.54 Å². The van der Waals surface area contributed by atoms with Crippen molar-refractivity contribution in [3.63, 3.8) is 0 Å². The van der Waals surface area contributed by atoms with Gasteiger partial charge in [0.25, 0.3) is 5.56 Å². The molecule has 0 unspecified atom stereocenters. The Morgan fingerprint density at radius 3 is 3.31 bits per heavy atom. The number of fused-ring (bicyclic) bond motifs is 1. The molecule has 2 rings (SSSR count). The van der Waals surface area contributed by atoms with Crippen molar-refractivity contribution < 1.29 is 0 Å². The van der Waals surface area contributed by atoms with Crippen molar-refractivity contribution >= 4 is 11.0 Å². The van der Waals surface area contributed by atoms with Crippen LogP contribution in [0.15, 0.2) is 23.4 Å². The van der Waals surface area contributed by atoms with Crippen LogP contribution in [0.4, 0.5) is 0 Å². The summed E-state index contributed by atoms with van der Waals surface area (Å²) in [5.74, 6) is 0. The van der Waals surface area contributed by atoms with Gasteiger partial charge in [0.2, 0.25) is 0 Å². The summed E-state index contributed by atoms with van der Waals surface area (Å²) in [5.41, 5.74) is 0.368. The second kappa shape index (κ2) is 2.75. The monoisotopic (exact) mass is 174 g/mol. The van der Waals surface area contributed by atoms with Gasteiger partial charge in [-0.15, -0.1) is 0 Å². The molecule has 0 amide bonds. The predicted molar refractivity (Wildman–Crippen MR) is 46.0 cm³/mol. The molecule has 0 radical (unpaired) electrons. The number of hydrogen-bond donors (Lipinski definition) is 1. The fourth-order valence-electron chi connectivity index (χ4n) is 1.16. The predicted octanol–water partition coefficient (Wildman–Crippen LogP) is 0.248.